The predicted octanol–water partition coefficient (Wildman–Crippen LogP) is 2.23. The van der Waals surface area contributed by atoms with Crippen molar-refractivity contribution in [3.63, 3.8) is 0 Å². The third-order valence-corrected chi connectivity index (χ3v) is 3.29. The normalized spacial score (nSPS) is 13.3. The van der Waals surface area contributed by atoms with Crippen molar-refractivity contribution in [2.75, 3.05) is 0 Å². The van der Waals surface area contributed by atoms with Crippen LogP contribution in [0.4, 0.5) is 5.69 Å². The highest BCUT2D eigenvalue weighted by atomic mass is 35.5. The lowest BCUT2D eigenvalue weighted by Gasteiger charge is -2.24. The van der Waals surface area contributed by atoms with Crippen LogP contribution in [0, 0.1) is 10.1 Å². The molecule has 1 aromatic carbocycles. The molecule has 1 amide bonds. The summed E-state index contributed by atoms with van der Waals surface area (Å²) in [5.41, 5.74) is -1.69. The third kappa shape index (κ3) is 3.24. The van der Waals surface area contributed by atoms with Crippen molar-refractivity contribution in [3.05, 3.63) is 38.9 Å². The van der Waals surface area contributed by atoms with Gasteiger partial charge in [0.2, 0.25) is 0 Å². The van der Waals surface area contributed by atoms with E-state index in [9.17, 15) is 19.7 Å². The van der Waals surface area contributed by atoms with Gasteiger partial charge in [0, 0.05) is 12.1 Å². The Labute approximate surface area is 119 Å². The molecule has 108 valence electrons. The number of carboxylic acid groups (broad SMARTS) is 1. The molecule has 0 aromatic heterocycles. The zero-order valence-electron chi connectivity index (χ0n) is 10.8. The maximum atomic E-state index is 12.0. The monoisotopic (exact) mass is 300 g/mol. The fourth-order valence-corrected chi connectivity index (χ4v) is 1.67. The Morgan fingerprint density at radius 2 is 2.10 bits per heavy atom. The molecular weight excluding hydrogens is 288 g/mol. The highest BCUT2D eigenvalue weighted by molar-refractivity contribution is 6.34. The van der Waals surface area contributed by atoms with E-state index in [1.165, 1.54) is 13.0 Å². The van der Waals surface area contributed by atoms with E-state index in [0.717, 1.165) is 12.1 Å². The van der Waals surface area contributed by atoms with Crippen molar-refractivity contribution in [3.8, 4) is 0 Å². The standard InChI is InChI=1S/C12H13ClN2O5/c1-3-12(2,11(17)18)14-10(16)8-5-4-7(15(19)20)6-9(8)13/h4-6H,3H2,1-2H3,(H,14,16)(H,17,18). The van der Waals surface area contributed by atoms with Crippen molar-refractivity contribution >= 4 is 29.2 Å². The van der Waals surface area contributed by atoms with E-state index in [0.29, 0.717) is 0 Å². The molecule has 1 unspecified atom stereocenters. The minimum atomic E-state index is -1.43. The molecule has 0 saturated heterocycles. The number of nitro groups is 1. The number of nitro benzene ring substituents is 1. The Morgan fingerprint density at radius 3 is 2.50 bits per heavy atom. The fourth-order valence-electron chi connectivity index (χ4n) is 1.41. The van der Waals surface area contributed by atoms with Gasteiger partial charge in [-0.1, -0.05) is 18.5 Å². The largest absolute Gasteiger partial charge is 0.480 e. The molecule has 1 rings (SSSR count). The number of carboxylic acids is 1. The quantitative estimate of drug-likeness (QED) is 0.640. The first kappa shape index (κ1) is 15.9. The van der Waals surface area contributed by atoms with Gasteiger partial charge >= 0.3 is 5.97 Å². The SMILES string of the molecule is CCC(C)(NC(=O)c1ccc([N+](=O)[O-])cc1Cl)C(=O)O. The van der Waals surface area contributed by atoms with Crippen LogP contribution in [0.15, 0.2) is 18.2 Å². The molecule has 0 aliphatic rings. The lowest BCUT2D eigenvalue weighted by molar-refractivity contribution is -0.384. The van der Waals surface area contributed by atoms with Gasteiger partial charge in [-0.15, -0.1) is 0 Å². The van der Waals surface area contributed by atoms with E-state index in [4.69, 9.17) is 16.7 Å². The lowest BCUT2D eigenvalue weighted by Crippen LogP contribution is -2.51. The lowest BCUT2D eigenvalue weighted by atomic mass is 9.98. The van der Waals surface area contributed by atoms with Crippen LogP contribution < -0.4 is 5.32 Å². The number of hydrogen-bond acceptors (Lipinski definition) is 4. The zero-order chi connectivity index (χ0) is 15.5. The van der Waals surface area contributed by atoms with Gasteiger partial charge in [0.15, 0.2) is 0 Å². The summed E-state index contributed by atoms with van der Waals surface area (Å²) in [5.74, 6) is -1.87. The summed E-state index contributed by atoms with van der Waals surface area (Å²) in [6.45, 7) is 2.98. The fraction of sp³-hybridized carbons (Fsp3) is 0.333. The van der Waals surface area contributed by atoms with Crippen molar-refractivity contribution in [2.24, 2.45) is 0 Å². The van der Waals surface area contributed by atoms with Crippen LogP contribution >= 0.6 is 11.6 Å². The van der Waals surface area contributed by atoms with Crippen molar-refractivity contribution in [2.45, 2.75) is 25.8 Å². The number of nitrogens with one attached hydrogen (secondary N) is 1. The number of non-ortho nitro benzene ring substituents is 1. The van der Waals surface area contributed by atoms with Crippen LogP contribution in [0.5, 0.6) is 0 Å². The molecule has 0 heterocycles. The topological polar surface area (TPSA) is 110 Å². The molecule has 2 N–H and O–H groups in total. The molecule has 0 aliphatic carbocycles. The van der Waals surface area contributed by atoms with Crippen molar-refractivity contribution in [1.29, 1.82) is 0 Å². The molecule has 1 aromatic rings. The number of benzene rings is 1. The molecule has 20 heavy (non-hydrogen) atoms. The molecule has 0 bridgehead atoms. The molecule has 0 aliphatic heterocycles. The average Bonchev–Trinajstić information content (AvgIpc) is 2.37. The highest BCUT2D eigenvalue weighted by Gasteiger charge is 2.33. The zero-order valence-corrected chi connectivity index (χ0v) is 11.6. The predicted molar refractivity (Wildman–Crippen MR) is 71.9 cm³/mol. The first-order valence-electron chi connectivity index (χ1n) is 5.71. The maximum absolute atomic E-state index is 12.0. The summed E-state index contributed by atoms with van der Waals surface area (Å²) in [7, 11) is 0. The van der Waals surface area contributed by atoms with E-state index in [1.807, 2.05) is 0 Å². The van der Waals surface area contributed by atoms with Crippen molar-refractivity contribution in [1.82, 2.24) is 5.32 Å². The maximum Gasteiger partial charge on any atom is 0.329 e. The number of halogens is 1. The number of carbonyl (C=O) groups excluding carboxylic acids is 1. The summed E-state index contributed by atoms with van der Waals surface area (Å²) < 4.78 is 0. The Balaban J connectivity index is 3.05. The molecule has 0 saturated carbocycles. The van der Waals surface area contributed by atoms with Crippen LogP contribution in [-0.2, 0) is 4.79 Å². The molecular formula is C12H13ClN2O5. The van der Waals surface area contributed by atoms with Gasteiger partial charge in [0.25, 0.3) is 11.6 Å². The summed E-state index contributed by atoms with van der Waals surface area (Å²) in [5, 5.41) is 21.9. The Bertz CT molecular complexity index is 575. The Kier molecular flexibility index (Phi) is 4.67. The van der Waals surface area contributed by atoms with E-state index >= 15 is 0 Å². The van der Waals surface area contributed by atoms with Crippen LogP contribution in [0.25, 0.3) is 0 Å². The van der Waals surface area contributed by atoms with Gasteiger partial charge in [-0.05, 0) is 19.4 Å². The van der Waals surface area contributed by atoms with Crippen LogP contribution in [0.1, 0.15) is 30.6 Å². The molecule has 0 spiro atoms. The molecule has 8 heteroatoms. The molecule has 0 radical (unpaired) electrons. The summed E-state index contributed by atoms with van der Waals surface area (Å²) in [6.07, 6.45) is 0.179. The van der Waals surface area contributed by atoms with E-state index in [2.05, 4.69) is 5.32 Å². The van der Waals surface area contributed by atoms with Crippen LogP contribution in [0.2, 0.25) is 5.02 Å². The van der Waals surface area contributed by atoms with Gasteiger partial charge in [-0.25, -0.2) is 4.79 Å². The summed E-state index contributed by atoms with van der Waals surface area (Å²) in [6, 6.07) is 3.36. The van der Waals surface area contributed by atoms with Crippen LogP contribution in [0.3, 0.4) is 0 Å². The Hall–Kier alpha value is -2.15. The van der Waals surface area contributed by atoms with Crippen LogP contribution in [-0.4, -0.2) is 27.4 Å². The van der Waals surface area contributed by atoms with Gasteiger partial charge in [-0.3, -0.25) is 14.9 Å². The second-order valence-corrected chi connectivity index (χ2v) is 4.77. The van der Waals surface area contributed by atoms with Gasteiger partial charge < -0.3 is 10.4 Å². The number of hydrogen-bond donors (Lipinski definition) is 2. The minimum Gasteiger partial charge on any atom is -0.480 e. The van der Waals surface area contributed by atoms with E-state index in [-0.39, 0.29) is 22.7 Å². The minimum absolute atomic E-state index is 0.0156. The smallest absolute Gasteiger partial charge is 0.329 e. The second-order valence-electron chi connectivity index (χ2n) is 4.37. The first-order valence-corrected chi connectivity index (χ1v) is 6.09. The average molecular weight is 301 g/mol. The molecule has 0 fully saturated rings. The van der Waals surface area contributed by atoms with Gasteiger partial charge in [-0.2, -0.15) is 0 Å². The number of carbonyl (C=O) groups is 2. The number of nitrogens with zero attached hydrogens (tertiary/aromatic N) is 1. The van der Waals surface area contributed by atoms with Gasteiger partial charge in [0.05, 0.1) is 15.5 Å². The first-order chi connectivity index (χ1) is 9.21. The Morgan fingerprint density at radius 1 is 1.50 bits per heavy atom. The highest BCUT2D eigenvalue weighted by Crippen LogP contribution is 2.23. The van der Waals surface area contributed by atoms with E-state index in [1.54, 1.807) is 6.92 Å². The number of rotatable bonds is 5. The molecule has 1 atom stereocenters. The van der Waals surface area contributed by atoms with Gasteiger partial charge in [0.1, 0.15) is 5.54 Å². The summed E-state index contributed by atoms with van der Waals surface area (Å²) in [4.78, 5) is 33.0. The number of amides is 1. The summed E-state index contributed by atoms with van der Waals surface area (Å²) >= 11 is 5.81. The molecule has 7 nitrogen and oxygen atoms in total. The second kappa shape index (κ2) is 5.87. The van der Waals surface area contributed by atoms with Crippen molar-refractivity contribution < 1.29 is 19.6 Å². The number of aliphatic carboxylic acids is 1. The van der Waals surface area contributed by atoms with E-state index < -0.39 is 22.3 Å². The third-order valence-electron chi connectivity index (χ3n) is 2.98.